The fourth-order valence-electron chi connectivity index (χ4n) is 7.25. The largest absolute Gasteiger partial charge is 0.462 e. The number of unbranched alkanes of at least 4 members (excludes halogenated alkanes) is 18. The zero-order valence-electron chi connectivity index (χ0n) is 38.7. The minimum atomic E-state index is -0.538. The SMILES string of the molecule is CCCCC/C=C\C/C=C\CCCCCCCC(=O)OC1CC(OC(=O)CCC(OCCCCCCCC)OCCCCCCCC)CC(OC(=O)NCCN(C)C)C1. The molecule has 0 bridgehead atoms. The highest BCUT2D eigenvalue weighted by atomic mass is 16.7. The van der Waals surface area contributed by atoms with Crippen molar-refractivity contribution >= 4 is 18.0 Å². The maximum atomic E-state index is 13.2. The van der Waals surface area contributed by atoms with Crippen molar-refractivity contribution in [2.45, 2.75) is 232 Å². The van der Waals surface area contributed by atoms with Gasteiger partial charge in [0, 0.05) is 58.4 Å². The Labute approximate surface area is 361 Å². The second kappa shape index (κ2) is 39.7. The first-order chi connectivity index (χ1) is 28.8. The number of esters is 2. The highest BCUT2D eigenvalue weighted by Crippen LogP contribution is 2.28. The number of ether oxygens (including phenoxy) is 5. The van der Waals surface area contributed by atoms with Crippen molar-refractivity contribution in [3.8, 4) is 0 Å². The number of alkyl carbamates (subject to hydrolysis) is 1. The van der Waals surface area contributed by atoms with Crippen LogP contribution in [0, 0.1) is 0 Å². The van der Waals surface area contributed by atoms with E-state index in [-0.39, 0.29) is 18.4 Å². The summed E-state index contributed by atoms with van der Waals surface area (Å²) >= 11 is 0. The number of hydrogen-bond acceptors (Lipinski definition) is 9. The van der Waals surface area contributed by atoms with Crippen molar-refractivity contribution < 1.29 is 38.1 Å². The third-order valence-electron chi connectivity index (χ3n) is 10.8. The van der Waals surface area contributed by atoms with Crippen molar-refractivity contribution in [2.24, 2.45) is 0 Å². The van der Waals surface area contributed by atoms with Gasteiger partial charge in [0.15, 0.2) is 6.29 Å². The van der Waals surface area contributed by atoms with Gasteiger partial charge in [0.25, 0.3) is 0 Å². The summed E-state index contributed by atoms with van der Waals surface area (Å²) in [7, 11) is 3.87. The summed E-state index contributed by atoms with van der Waals surface area (Å²) < 4.78 is 29.9. The molecule has 3 atom stereocenters. The summed E-state index contributed by atoms with van der Waals surface area (Å²) in [5, 5.41) is 2.79. The third-order valence-corrected chi connectivity index (χ3v) is 10.8. The molecule has 3 unspecified atom stereocenters. The highest BCUT2D eigenvalue weighted by molar-refractivity contribution is 5.70. The molecule has 10 nitrogen and oxygen atoms in total. The number of nitrogens with zero attached hydrogens (tertiary/aromatic N) is 1. The van der Waals surface area contributed by atoms with E-state index in [1.807, 2.05) is 19.0 Å². The molecule has 59 heavy (non-hydrogen) atoms. The molecule has 1 aliphatic carbocycles. The molecule has 1 N–H and O–H groups in total. The summed E-state index contributed by atoms with van der Waals surface area (Å²) in [5.41, 5.74) is 0. The molecule has 0 saturated heterocycles. The van der Waals surface area contributed by atoms with Crippen molar-refractivity contribution in [2.75, 3.05) is 40.4 Å². The van der Waals surface area contributed by atoms with Gasteiger partial charge in [0.1, 0.15) is 18.3 Å². The number of allylic oxidation sites excluding steroid dienone is 4. The van der Waals surface area contributed by atoms with Crippen LogP contribution < -0.4 is 5.32 Å². The lowest BCUT2D eigenvalue weighted by molar-refractivity contribution is -0.169. The van der Waals surface area contributed by atoms with Gasteiger partial charge in [0.2, 0.25) is 0 Å². The first-order valence-electron chi connectivity index (χ1n) is 24.3. The van der Waals surface area contributed by atoms with Gasteiger partial charge >= 0.3 is 18.0 Å². The first kappa shape index (κ1) is 54.6. The van der Waals surface area contributed by atoms with Crippen molar-refractivity contribution in [3.63, 3.8) is 0 Å². The lowest BCUT2D eigenvalue weighted by Gasteiger charge is -2.34. The van der Waals surface area contributed by atoms with Crippen LogP contribution in [0.25, 0.3) is 0 Å². The van der Waals surface area contributed by atoms with Crippen LogP contribution in [0.5, 0.6) is 0 Å². The average molecular weight is 835 g/mol. The Kier molecular flexibility index (Phi) is 36.7. The van der Waals surface area contributed by atoms with Crippen molar-refractivity contribution in [1.29, 1.82) is 0 Å². The Hall–Kier alpha value is -2.43. The number of nitrogens with one attached hydrogen (secondary N) is 1. The van der Waals surface area contributed by atoms with Crippen LogP contribution in [-0.2, 0) is 33.3 Å². The van der Waals surface area contributed by atoms with Crippen LogP contribution >= 0.6 is 0 Å². The lowest BCUT2D eigenvalue weighted by Crippen LogP contribution is -2.42. The summed E-state index contributed by atoms with van der Waals surface area (Å²) in [6, 6.07) is 0. The standard InChI is InChI=1S/C49H90N2O8/c1-6-9-12-15-18-19-20-21-22-23-24-25-26-27-30-33-46(52)57-43-40-44(42-45(41-43)59-49(54)50-36-37-51(4)5)58-47(53)34-35-48(55-38-31-28-16-13-10-7-2)56-39-32-29-17-14-11-8-3/h18-19,21-22,43-45,48H,6-17,20,23-42H2,1-5H3,(H,50,54)/b19-18-,22-21-. The molecule has 0 spiro atoms. The molecular formula is C49H90N2O8. The molecule has 0 aliphatic heterocycles. The molecule has 0 aromatic carbocycles. The Morgan fingerprint density at radius 2 is 1.00 bits per heavy atom. The fourth-order valence-corrected chi connectivity index (χ4v) is 7.25. The molecular weight excluding hydrogens is 745 g/mol. The average Bonchev–Trinajstić information content (AvgIpc) is 3.20. The zero-order valence-corrected chi connectivity index (χ0v) is 38.7. The second-order valence-electron chi connectivity index (χ2n) is 16.9. The summed E-state index contributed by atoms with van der Waals surface area (Å²) in [6.45, 7) is 9.04. The zero-order chi connectivity index (χ0) is 43.0. The third kappa shape index (κ3) is 34.9. The Bertz CT molecular complexity index is 1050. The van der Waals surface area contributed by atoms with Gasteiger partial charge in [-0.3, -0.25) is 9.59 Å². The van der Waals surface area contributed by atoms with Crippen LogP contribution in [0.15, 0.2) is 24.3 Å². The van der Waals surface area contributed by atoms with Gasteiger partial charge in [-0.1, -0.05) is 141 Å². The molecule has 0 aromatic heterocycles. The number of amides is 1. The summed E-state index contributed by atoms with van der Waals surface area (Å²) in [5.74, 6) is -0.604. The second-order valence-corrected chi connectivity index (χ2v) is 16.9. The molecule has 1 saturated carbocycles. The van der Waals surface area contributed by atoms with Crippen LogP contribution in [-0.4, -0.2) is 87.9 Å². The molecule has 1 rings (SSSR count). The molecule has 1 amide bonds. The smallest absolute Gasteiger partial charge is 0.407 e. The van der Waals surface area contributed by atoms with Crippen LogP contribution in [0.4, 0.5) is 4.79 Å². The number of carbonyl (C=O) groups excluding carboxylic acids is 3. The maximum absolute atomic E-state index is 13.2. The van der Waals surface area contributed by atoms with E-state index >= 15 is 0 Å². The Balaban J connectivity index is 2.60. The van der Waals surface area contributed by atoms with E-state index in [0.717, 1.165) is 70.6 Å². The highest BCUT2D eigenvalue weighted by Gasteiger charge is 2.35. The van der Waals surface area contributed by atoms with Crippen molar-refractivity contribution in [3.05, 3.63) is 24.3 Å². The number of hydrogen-bond donors (Lipinski definition) is 1. The van der Waals surface area contributed by atoms with Gasteiger partial charge in [0.05, 0.1) is 6.42 Å². The topological polar surface area (TPSA) is 113 Å². The molecule has 344 valence electrons. The first-order valence-corrected chi connectivity index (χ1v) is 24.3. The van der Waals surface area contributed by atoms with E-state index in [4.69, 9.17) is 23.7 Å². The maximum Gasteiger partial charge on any atom is 0.407 e. The molecule has 0 aromatic rings. The normalized spacial score (nSPS) is 17.0. The van der Waals surface area contributed by atoms with Crippen molar-refractivity contribution in [1.82, 2.24) is 10.2 Å². The van der Waals surface area contributed by atoms with E-state index in [0.29, 0.717) is 58.4 Å². The number of likely N-dealkylation sites (N-methyl/N-ethyl adjacent to an activating group) is 1. The summed E-state index contributed by atoms with van der Waals surface area (Å²) in [6.07, 6.45) is 35.0. The Morgan fingerprint density at radius 3 is 1.54 bits per heavy atom. The van der Waals surface area contributed by atoms with Crippen LogP contribution in [0.1, 0.15) is 207 Å². The molecule has 1 aliphatic rings. The van der Waals surface area contributed by atoms with Crippen LogP contribution in [0.2, 0.25) is 0 Å². The quantitative estimate of drug-likeness (QED) is 0.0213. The Morgan fingerprint density at radius 1 is 0.559 bits per heavy atom. The van der Waals surface area contributed by atoms with E-state index in [2.05, 4.69) is 50.4 Å². The molecule has 0 heterocycles. The molecule has 0 radical (unpaired) electrons. The van der Waals surface area contributed by atoms with E-state index in [1.165, 1.54) is 77.0 Å². The predicted molar refractivity (Wildman–Crippen MR) is 241 cm³/mol. The minimum absolute atomic E-state index is 0.155. The lowest BCUT2D eigenvalue weighted by atomic mass is 9.92. The molecule has 1 fully saturated rings. The van der Waals surface area contributed by atoms with Gasteiger partial charge in [-0.15, -0.1) is 0 Å². The van der Waals surface area contributed by atoms with Gasteiger partial charge in [-0.25, -0.2) is 4.79 Å². The van der Waals surface area contributed by atoms with Gasteiger partial charge in [-0.2, -0.15) is 0 Å². The summed E-state index contributed by atoms with van der Waals surface area (Å²) in [4.78, 5) is 40.8. The van der Waals surface area contributed by atoms with Crippen LogP contribution in [0.3, 0.4) is 0 Å². The monoisotopic (exact) mass is 835 g/mol. The van der Waals surface area contributed by atoms with E-state index < -0.39 is 30.7 Å². The predicted octanol–water partition coefficient (Wildman–Crippen LogP) is 12.3. The fraction of sp³-hybridized carbons (Fsp3) is 0.857. The number of rotatable bonds is 39. The van der Waals surface area contributed by atoms with E-state index in [1.54, 1.807) is 0 Å². The van der Waals surface area contributed by atoms with Gasteiger partial charge < -0.3 is 33.9 Å². The number of carbonyl (C=O) groups is 3. The minimum Gasteiger partial charge on any atom is -0.462 e. The molecule has 10 heteroatoms. The van der Waals surface area contributed by atoms with Gasteiger partial charge in [-0.05, 0) is 65.5 Å². The van der Waals surface area contributed by atoms with E-state index in [9.17, 15) is 14.4 Å².